The molecule has 0 amide bonds. The molecule has 48 heavy (non-hydrogen) atoms. The third-order valence-corrected chi connectivity index (χ3v) is 8.68. The van der Waals surface area contributed by atoms with Crippen molar-refractivity contribution < 1.29 is 56.9 Å². The summed E-state index contributed by atoms with van der Waals surface area (Å²) in [5.74, 6) is 0. The van der Waals surface area contributed by atoms with Crippen LogP contribution in [0, 0.1) is 0 Å². The fraction of sp³-hybridized carbons (Fsp3) is 0.917. The molecule has 2 aliphatic heterocycles. The van der Waals surface area contributed by atoms with Crippen LogP contribution in [0.25, 0.3) is 0 Å². The molecule has 0 N–H and O–H groups in total. The molecule has 282 valence electrons. The molecule has 0 saturated carbocycles. The van der Waals surface area contributed by atoms with Gasteiger partial charge in [0.2, 0.25) is 0 Å². The third-order valence-electron chi connectivity index (χ3n) is 8.68. The first-order chi connectivity index (χ1) is 23.7. The summed E-state index contributed by atoms with van der Waals surface area (Å²) in [4.78, 5) is 11.4. The molecule has 12 nitrogen and oxygen atoms in total. The van der Waals surface area contributed by atoms with Crippen LogP contribution in [-0.4, -0.2) is 130 Å². The normalized spacial score (nSPS) is 24.4. The zero-order chi connectivity index (χ0) is 34.5. The Balaban J connectivity index is 2.07. The fourth-order valence-electron chi connectivity index (χ4n) is 5.90. The quantitative estimate of drug-likeness (QED) is 0.0390. The standard InChI is InChI=1S/C36H66O12/c1-5-6-7-8-9-10-11-12-13-34-31(44-27-41-23-20-38-2)18-19-36(48-34)33(46-29-43-25-22-40-4)17-16-32(45-28-42-24-21-39-3)35-15-14-30(26-37)47-35/h12-13,26,30-36H,5-11,14-25,27-29H2,1-4H3/b13-12-/t30-,31+,32-,33-,34-,35-,36-/m0/s1. The molecule has 7 atom stereocenters. The second-order valence-corrected chi connectivity index (χ2v) is 12.4. The van der Waals surface area contributed by atoms with Gasteiger partial charge in [0.25, 0.3) is 0 Å². The molecular weight excluding hydrogens is 624 g/mol. The van der Waals surface area contributed by atoms with Crippen LogP contribution in [0.4, 0.5) is 0 Å². The van der Waals surface area contributed by atoms with Crippen LogP contribution in [-0.2, 0) is 56.9 Å². The van der Waals surface area contributed by atoms with E-state index in [1.54, 1.807) is 21.3 Å². The summed E-state index contributed by atoms with van der Waals surface area (Å²) in [6, 6.07) is 0. The number of hydrogen-bond acceptors (Lipinski definition) is 12. The maximum atomic E-state index is 11.4. The first-order valence-electron chi connectivity index (χ1n) is 18.1. The number of methoxy groups -OCH3 is 3. The Hall–Kier alpha value is -1.03. The predicted octanol–water partition coefficient (Wildman–Crippen LogP) is 5.38. The Kier molecular flexibility index (Phi) is 26.7. The van der Waals surface area contributed by atoms with Gasteiger partial charge in [-0.25, -0.2) is 0 Å². The van der Waals surface area contributed by atoms with Crippen molar-refractivity contribution in [3.05, 3.63) is 12.2 Å². The Morgan fingerprint density at radius 2 is 1.23 bits per heavy atom. The van der Waals surface area contributed by atoms with Crippen LogP contribution in [0.5, 0.6) is 0 Å². The Morgan fingerprint density at radius 3 is 1.81 bits per heavy atom. The number of unbranched alkanes of at least 4 members (excludes halogenated alkanes) is 6. The zero-order valence-electron chi connectivity index (χ0n) is 30.2. The minimum atomic E-state index is -0.405. The van der Waals surface area contributed by atoms with Crippen molar-refractivity contribution in [1.82, 2.24) is 0 Å². The minimum absolute atomic E-state index is 0.113. The van der Waals surface area contributed by atoms with E-state index in [2.05, 4.69) is 19.1 Å². The molecule has 0 unspecified atom stereocenters. The van der Waals surface area contributed by atoms with E-state index in [0.29, 0.717) is 58.9 Å². The average Bonchev–Trinajstić information content (AvgIpc) is 3.59. The first kappa shape index (κ1) is 43.1. The van der Waals surface area contributed by atoms with Crippen molar-refractivity contribution in [1.29, 1.82) is 0 Å². The number of allylic oxidation sites excluding steroid dienone is 1. The highest BCUT2D eigenvalue weighted by atomic mass is 16.7. The maximum absolute atomic E-state index is 11.4. The zero-order valence-corrected chi connectivity index (χ0v) is 30.2. The summed E-state index contributed by atoms with van der Waals surface area (Å²) in [5.41, 5.74) is 0. The van der Waals surface area contributed by atoms with Gasteiger partial charge < -0.3 is 56.9 Å². The highest BCUT2D eigenvalue weighted by molar-refractivity contribution is 5.56. The van der Waals surface area contributed by atoms with Crippen molar-refractivity contribution in [2.45, 2.75) is 133 Å². The van der Waals surface area contributed by atoms with Crippen molar-refractivity contribution >= 4 is 6.29 Å². The van der Waals surface area contributed by atoms with Crippen LogP contribution in [0.3, 0.4) is 0 Å². The van der Waals surface area contributed by atoms with E-state index >= 15 is 0 Å². The van der Waals surface area contributed by atoms with Crippen molar-refractivity contribution in [3.63, 3.8) is 0 Å². The minimum Gasteiger partial charge on any atom is -0.382 e. The monoisotopic (exact) mass is 690 g/mol. The lowest BCUT2D eigenvalue weighted by atomic mass is 9.93. The number of carbonyl (C=O) groups excluding carboxylic acids is 1. The van der Waals surface area contributed by atoms with Gasteiger partial charge in [0.15, 0.2) is 0 Å². The van der Waals surface area contributed by atoms with Crippen LogP contribution in [0.15, 0.2) is 12.2 Å². The SMILES string of the molecule is CCCCCCCC/C=C\[C@@H]1O[C@H]([C@H](CC[C@H](OCOCCOC)[C@@H]2CC[C@@H](C=O)O2)OCOCCOC)CC[C@H]1OCOCCOC. The van der Waals surface area contributed by atoms with E-state index < -0.39 is 6.10 Å². The highest BCUT2D eigenvalue weighted by Crippen LogP contribution is 2.31. The lowest BCUT2D eigenvalue weighted by Crippen LogP contribution is -2.46. The van der Waals surface area contributed by atoms with Crippen LogP contribution in [0.2, 0.25) is 0 Å². The van der Waals surface area contributed by atoms with Gasteiger partial charge in [0.1, 0.15) is 38.9 Å². The molecule has 2 fully saturated rings. The summed E-state index contributed by atoms with van der Waals surface area (Å²) in [5, 5.41) is 0. The second-order valence-electron chi connectivity index (χ2n) is 12.4. The van der Waals surface area contributed by atoms with Gasteiger partial charge in [-0.15, -0.1) is 0 Å². The van der Waals surface area contributed by atoms with Gasteiger partial charge in [-0.1, -0.05) is 51.2 Å². The lowest BCUT2D eigenvalue weighted by molar-refractivity contribution is -0.205. The molecule has 0 aromatic heterocycles. The van der Waals surface area contributed by atoms with Crippen molar-refractivity contribution in [2.24, 2.45) is 0 Å². The van der Waals surface area contributed by atoms with Crippen LogP contribution >= 0.6 is 0 Å². The van der Waals surface area contributed by atoms with Gasteiger partial charge in [-0.2, -0.15) is 0 Å². The Labute approximate surface area is 289 Å². The molecule has 2 aliphatic rings. The van der Waals surface area contributed by atoms with E-state index in [4.69, 9.17) is 52.1 Å². The molecule has 0 aromatic carbocycles. The van der Waals surface area contributed by atoms with E-state index in [9.17, 15) is 4.79 Å². The number of rotatable bonds is 32. The maximum Gasteiger partial charge on any atom is 0.148 e. The fourth-order valence-corrected chi connectivity index (χ4v) is 5.90. The van der Waals surface area contributed by atoms with Crippen LogP contribution < -0.4 is 0 Å². The Morgan fingerprint density at radius 1 is 0.667 bits per heavy atom. The predicted molar refractivity (Wildman–Crippen MR) is 181 cm³/mol. The number of ether oxygens (including phenoxy) is 11. The molecule has 0 aromatic rings. The molecule has 0 spiro atoms. The molecule has 0 radical (unpaired) electrons. The summed E-state index contributed by atoms with van der Waals surface area (Å²) in [6.45, 7) is 5.50. The van der Waals surface area contributed by atoms with E-state index in [1.807, 2.05) is 0 Å². The molecular formula is C36H66O12. The van der Waals surface area contributed by atoms with E-state index in [1.165, 1.54) is 32.1 Å². The molecule has 0 aliphatic carbocycles. The van der Waals surface area contributed by atoms with Crippen molar-refractivity contribution in [3.8, 4) is 0 Å². The van der Waals surface area contributed by atoms with Gasteiger partial charge in [-0.05, 0) is 51.4 Å². The smallest absolute Gasteiger partial charge is 0.148 e. The summed E-state index contributed by atoms with van der Waals surface area (Å²) in [7, 11) is 4.93. The molecule has 2 rings (SSSR count). The summed E-state index contributed by atoms with van der Waals surface area (Å²) < 4.78 is 63.6. The number of aldehydes is 1. The third kappa shape index (κ3) is 19.4. The molecule has 0 bridgehead atoms. The highest BCUT2D eigenvalue weighted by Gasteiger charge is 2.37. The van der Waals surface area contributed by atoms with Gasteiger partial charge in [0.05, 0.1) is 70.2 Å². The van der Waals surface area contributed by atoms with Crippen LogP contribution in [0.1, 0.15) is 90.4 Å². The van der Waals surface area contributed by atoms with Gasteiger partial charge in [-0.3, -0.25) is 0 Å². The average molecular weight is 691 g/mol. The summed E-state index contributed by atoms with van der Waals surface area (Å²) in [6.07, 6.45) is 16.4. The second kappa shape index (κ2) is 29.7. The van der Waals surface area contributed by atoms with Gasteiger partial charge in [0, 0.05) is 21.3 Å². The van der Waals surface area contributed by atoms with E-state index in [-0.39, 0.29) is 57.0 Å². The summed E-state index contributed by atoms with van der Waals surface area (Å²) >= 11 is 0. The first-order valence-corrected chi connectivity index (χ1v) is 18.1. The molecule has 2 saturated heterocycles. The Bertz CT molecular complexity index is 771. The molecule has 2 heterocycles. The largest absolute Gasteiger partial charge is 0.382 e. The van der Waals surface area contributed by atoms with E-state index in [0.717, 1.165) is 38.4 Å². The lowest BCUT2D eigenvalue weighted by Gasteiger charge is -2.39. The van der Waals surface area contributed by atoms with Gasteiger partial charge >= 0.3 is 0 Å². The van der Waals surface area contributed by atoms with Crippen molar-refractivity contribution in [2.75, 3.05) is 81.3 Å². The number of carbonyl (C=O) groups is 1. The topological polar surface area (TPSA) is 119 Å². The number of hydrogen-bond donors (Lipinski definition) is 0. The molecule has 12 heteroatoms.